The summed E-state index contributed by atoms with van der Waals surface area (Å²) in [4.78, 5) is 14.4. The van der Waals surface area contributed by atoms with Gasteiger partial charge in [-0.05, 0) is 30.9 Å². The number of carbonyl (C=O) groups excluding carboxylic acids is 1. The summed E-state index contributed by atoms with van der Waals surface area (Å²) in [6.07, 6.45) is 3.09. The molecule has 0 aliphatic carbocycles. The van der Waals surface area contributed by atoms with E-state index < -0.39 is 0 Å². The lowest BCUT2D eigenvalue weighted by Gasteiger charge is -2.33. The molecule has 1 amide bonds. The van der Waals surface area contributed by atoms with Gasteiger partial charge < -0.3 is 10.2 Å². The molecular weight excluding hydrogens is 295 g/mol. The minimum atomic E-state index is 0. The highest BCUT2D eigenvalue weighted by Crippen LogP contribution is 2.26. The summed E-state index contributed by atoms with van der Waals surface area (Å²) in [5.74, 6) is 0.528. The summed E-state index contributed by atoms with van der Waals surface area (Å²) in [5, 5.41) is 3.98. The number of nitrogens with one attached hydrogen (secondary N) is 1. The van der Waals surface area contributed by atoms with Crippen molar-refractivity contribution in [3.05, 3.63) is 34.9 Å². The molecule has 0 spiro atoms. The lowest BCUT2D eigenvalue weighted by molar-refractivity contribution is -0.137. The average molecular weight is 315 g/mol. The van der Waals surface area contributed by atoms with E-state index in [0.29, 0.717) is 11.9 Å². The van der Waals surface area contributed by atoms with Crippen molar-refractivity contribution in [2.75, 3.05) is 19.6 Å². The molecule has 3 rings (SSSR count). The zero-order valence-electron chi connectivity index (χ0n) is 11.3. The van der Waals surface area contributed by atoms with Crippen LogP contribution in [0.1, 0.15) is 18.4 Å². The maximum atomic E-state index is 12.4. The fraction of sp³-hybridized carbons (Fsp3) is 0.533. The zero-order chi connectivity index (χ0) is 13.2. The predicted molar refractivity (Wildman–Crippen MR) is 83.5 cm³/mol. The number of amides is 1. The van der Waals surface area contributed by atoms with Crippen LogP contribution in [-0.4, -0.2) is 36.5 Å². The number of halogens is 2. The summed E-state index contributed by atoms with van der Waals surface area (Å²) in [5.41, 5.74) is 1.15. The molecule has 1 aromatic carbocycles. The van der Waals surface area contributed by atoms with Gasteiger partial charge >= 0.3 is 0 Å². The standard InChI is InChI=1S/C15H19ClN2O.ClH/c16-14-6-2-1-4-11(14)8-13-5-3-7-18(13)15(19)12-9-17-10-12;/h1-2,4,6,12-13,17H,3,5,7-10H2;1H. The summed E-state index contributed by atoms with van der Waals surface area (Å²) in [6, 6.07) is 8.27. The van der Waals surface area contributed by atoms with Crippen molar-refractivity contribution in [1.82, 2.24) is 10.2 Å². The Hall–Kier alpha value is -0.770. The van der Waals surface area contributed by atoms with E-state index in [-0.39, 0.29) is 18.3 Å². The van der Waals surface area contributed by atoms with Gasteiger partial charge in [-0.15, -0.1) is 12.4 Å². The smallest absolute Gasteiger partial charge is 0.228 e. The normalized spacial score (nSPS) is 22.2. The van der Waals surface area contributed by atoms with Crippen molar-refractivity contribution < 1.29 is 4.79 Å². The first-order valence-electron chi connectivity index (χ1n) is 7.00. The second-order valence-electron chi connectivity index (χ2n) is 5.48. The maximum Gasteiger partial charge on any atom is 0.228 e. The third-order valence-electron chi connectivity index (χ3n) is 4.20. The Balaban J connectivity index is 0.00000147. The molecule has 2 fully saturated rings. The molecule has 20 heavy (non-hydrogen) atoms. The molecule has 5 heteroatoms. The van der Waals surface area contributed by atoms with E-state index in [0.717, 1.165) is 49.5 Å². The predicted octanol–water partition coefficient (Wildman–Crippen LogP) is 2.51. The quantitative estimate of drug-likeness (QED) is 0.929. The summed E-state index contributed by atoms with van der Waals surface area (Å²) < 4.78 is 0. The van der Waals surface area contributed by atoms with E-state index in [9.17, 15) is 4.79 Å². The summed E-state index contributed by atoms with van der Waals surface area (Å²) in [7, 11) is 0. The van der Waals surface area contributed by atoms with Crippen LogP contribution in [0.15, 0.2) is 24.3 Å². The van der Waals surface area contributed by atoms with Gasteiger partial charge in [0.25, 0.3) is 0 Å². The third-order valence-corrected chi connectivity index (χ3v) is 4.57. The Morgan fingerprint density at radius 1 is 1.35 bits per heavy atom. The van der Waals surface area contributed by atoms with Gasteiger partial charge in [0.15, 0.2) is 0 Å². The molecule has 2 aliphatic rings. The number of nitrogens with zero attached hydrogens (tertiary/aromatic N) is 1. The van der Waals surface area contributed by atoms with Crippen LogP contribution < -0.4 is 5.32 Å². The largest absolute Gasteiger partial charge is 0.339 e. The summed E-state index contributed by atoms with van der Waals surface area (Å²) in [6.45, 7) is 2.59. The van der Waals surface area contributed by atoms with E-state index in [4.69, 9.17) is 11.6 Å². The fourth-order valence-electron chi connectivity index (χ4n) is 2.95. The number of hydrogen-bond donors (Lipinski definition) is 1. The minimum Gasteiger partial charge on any atom is -0.339 e. The van der Waals surface area contributed by atoms with Crippen LogP contribution in [0, 0.1) is 5.92 Å². The van der Waals surface area contributed by atoms with Crippen LogP contribution >= 0.6 is 24.0 Å². The first-order valence-corrected chi connectivity index (χ1v) is 7.38. The van der Waals surface area contributed by atoms with Crippen LogP contribution in [0.3, 0.4) is 0 Å². The number of likely N-dealkylation sites (tertiary alicyclic amines) is 1. The van der Waals surface area contributed by atoms with Crippen LogP contribution in [0.4, 0.5) is 0 Å². The molecule has 0 saturated carbocycles. The van der Waals surface area contributed by atoms with Gasteiger partial charge in [-0.1, -0.05) is 29.8 Å². The topological polar surface area (TPSA) is 32.3 Å². The van der Waals surface area contributed by atoms with Gasteiger partial charge in [-0.25, -0.2) is 0 Å². The maximum absolute atomic E-state index is 12.4. The first kappa shape index (κ1) is 15.6. The summed E-state index contributed by atoms with van der Waals surface area (Å²) >= 11 is 6.22. The molecule has 2 saturated heterocycles. The molecule has 2 aliphatic heterocycles. The van der Waals surface area contributed by atoms with Crippen molar-refractivity contribution >= 4 is 29.9 Å². The molecular formula is C15H20Cl2N2O. The number of benzene rings is 1. The van der Waals surface area contributed by atoms with Crippen LogP contribution in [0.2, 0.25) is 5.02 Å². The first-order chi connectivity index (χ1) is 9.25. The molecule has 0 radical (unpaired) electrons. The van der Waals surface area contributed by atoms with Crippen molar-refractivity contribution in [1.29, 1.82) is 0 Å². The monoisotopic (exact) mass is 314 g/mol. The SMILES string of the molecule is Cl.O=C(C1CNC1)N1CCCC1Cc1ccccc1Cl. The Labute approximate surface area is 131 Å². The van der Waals surface area contributed by atoms with Crippen molar-refractivity contribution in [2.24, 2.45) is 5.92 Å². The Morgan fingerprint density at radius 2 is 2.10 bits per heavy atom. The van der Waals surface area contributed by atoms with Gasteiger partial charge in [0.2, 0.25) is 5.91 Å². The van der Waals surface area contributed by atoms with E-state index in [1.54, 1.807) is 0 Å². The van der Waals surface area contributed by atoms with Crippen molar-refractivity contribution in [2.45, 2.75) is 25.3 Å². The van der Waals surface area contributed by atoms with Crippen LogP contribution in [0.25, 0.3) is 0 Å². The lowest BCUT2D eigenvalue weighted by Crippen LogP contribution is -2.53. The van der Waals surface area contributed by atoms with E-state index in [1.165, 1.54) is 0 Å². The van der Waals surface area contributed by atoms with Crippen molar-refractivity contribution in [3.8, 4) is 0 Å². The Morgan fingerprint density at radius 3 is 2.75 bits per heavy atom. The number of hydrogen-bond acceptors (Lipinski definition) is 2. The van der Waals surface area contributed by atoms with E-state index in [2.05, 4.69) is 16.3 Å². The van der Waals surface area contributed by atoms with Crippen LogP contribution in [-0.2, 0) is 11.2 Å². The molecule has 2 heterocycles. The molecule has 110 valence electrons. The second-order valence-corrected chi connectivity index (χ2v) is 5.89. The van der Waals surface area contributed by atoms with Crippen molar-refractivity contribution in [3.63, 3.8) is 0 Å². The zero-order valence-corrected chi connectivity index (χ0v) is 12.9. The lowest BCUT2D eigenvalue weighted by atomic mass is 9.99. The number of rotatable bonds is 3. The Bertz CT molecular complexity index is 477. The van der Waals surface area contributed by atoms with E-state index in [1.807, 2.05) is 18.2 Å². The fourth-order valence-corrected chi connectivity index (χ4v) is 3.17. The minimum absolute atomic E-state index is 0. The number of carbonyl (C=O) groups is 1. The molecule has 1 N–H and O–H groups in total. The second kappa shape index (κ2) is 6.79. The van der Waals surface area contributed by atoms with Gasteiger partial charge in [0, 0.05) is 30.7 Å². The molecule has 1 unspecified atom stereocenters. The Kier molecular flexibility index (Phi) is 5.30. The molecule has 0 aromatic heterocycles. The highest BCUT2D eigenvalue weighted by Gasteiger charge is 2.35. The van der Waals surface area contributed by atoms with Crippen LogP contribution in [0.5, 0.6) is 0 Å². The molecule has 3 nitrogen and oxygen atoms in total. The highest BCUT2D eigenvalue weighted by molar-refractivity contribution is 6.31. The highest BCUT2D eigenvalue weighted by atomic mass is 35.5. The molecule has 1 atom stereocenters. The van der Waals surface area contributed by atoms with Gasteiger partial charge in [0.05, 0.1) is 5.92 Å². The van der Waals surface area contributed by atoms with Gasteiger partial charge in [-0.2, -0.15) is 0 Å². The molecule has 1 aromatic rings. The average Bonchev–Trinajstić information content (AvgIpc) is 2.78. The third kappa shape index (κ3) is 3.11. The molecule has 0 bridgehead atoms. The van der Waals surface area contributed by atoms with E-state index >= 15 is 0 Å². The van der Waals surface area contributed by atoms with Gasteiger partial charge in [0.1, 0.15) is 0 Å². The van der Waals surface area contributed by atoms with Gasteiger partial charge in [-0.3, -0.25) is 4.79 Å².